The minimum atomic E-state index is -0.455. The minimum Gasteiger partial charge on any atom is -0.381 e. The van der Waals surface area contributed by atoms with Crippen LogP contribution in [-0.2, 0) is 11.3 Å². The highest BCUT2D eigenvalue weighted by molar-refractivity contribution is 5.82. The number of hydrogen-bond donors (Lipinski definition) is 1. The van der Waals surface area contributed by atoms with Gasteiger partial charge in [-0.2, -0.15) is 0 Å². The summed E-state index contributed by atoms with van der Waals surface area (Å²) in [4.78, 5) is 13.7. The minimum absolute atomic E-state index is 0.249. The SMILES string of the molecule is CO[C@H]1C[C@H](Nc2ncc3c(-c4ccc5nc(C)n(CCF)c5n4)ccn3n2)C1. The molecular formula is C20H22FN7O. The number of ether oxygens (including phenoxy) is 1. The first-order valence-corrected chi connectivity index (χ1v) is 9.70. The maximum Gasteiger partial charge on any atom is 0.241 e. The second kappa shape index (κ2) is 7.07. The molecule has 1 saturated carbocycles. The molecule has 4 aromatic heterocycles. The molecule has 0 bridgehead atoms. The lowest BCUT2D eigenvalue weighted by molar-refractivity contribution is 0.0326. The summed E-state index contributed by atoms with van der Waals surface area (Å²) in [5.41, 5.74) is 4.02. The highest BCUT2D eigenvalue weighted by Crippen LogP contribution is 2.28. The van der Waals surface area contributed by atoms with E-state index in [9.17, 15) is 4.39 Å². The van der Waals surface area contributed by atoms with Crippen molar-refractivity contribution in [3.05, 3.63) is 36.4 Å². The Kier molecular flexibility index (Phi) is 4.39. The van der Waals surface area contributed by atoms with Crippen LogP contribution in [0, 0.1) is 6.92 Å². The number of nitrogens with zero attached hydrogens (tertiary/aromatic N) is 6. The number of anilines is 1. The Bertz CT molecular complexity index is 1180. The first kappa shape index (κ1) is 18.0. The lowest BCUT2D eigenvalue weighted by atomic mass is 9.89. The van der Waals surface area contributed by atoms with Crippen molar-refractivity contribution >= 4 is 22.6 Å². The van der Waals surface area contributed by atoms with Crippen LogP contribution in [0.15, 0.2) is 30.6 Å². The third-order valence-corrected chi connectivity index (χ3v) is 5.55. The van der Waals surface area contributed by atoms with E-state index in [2.05, 4.69) is 20.4 Å². The topological polar surface area (TPSA) is 82.2 Å². The molecule has 0 unspecified atom stereocenters. The van der Waals surface area contributed by atoms with Crippen molar-refractivity contribution in [1.29, 1.82) is 0 Å². The quantitative estimate of drug-likeness (QED) is 0.540. The van der Waals surface area contributed by atoms with E-state index in [1.54, 1.807) is 17.8 Å². The predicted molar refractivity (Wildman–Crippen MR) is 108 cm³/mol. The molecule has 0 saturated heterocycles. The molecule has 9 heteroatoms. The van der Waals surface area contributed by atoms with E-state index in [4.69, 9.17) is 9.72 Å². The summed E-state index contributed by atoms with van der Waals surface area (Å²) in [6.45, 7) is 1.66. The van der Waals surface area contributed by atoms with Gasteiger partial charge in [0, 0.05) is 24.9 Å². The van der Waals surface area contributed by atoms with E-state index in [0.717, 1.165) is 41.0 Å². The third-order valence-electron chi connectivity index (χ3n) is 5.55. The number of rotatable bonds is 6. The van der Waals surface area contributed by atoms with Crippen molar-refractivity contribution in [3.8, 4) is 11.3 Å². The molecule has 1 N–H and O–H groups in total. The largest absolute Gasteiger partial charge is 0.381 e. The number of fused-ring (bicyclic) bond motifs is 2. The van der Waals surface area contributed by atoms with Gasteiger partial charge < -0.3 is 14.6 Å². The van der Waals surface area contributed by atoms with Crippen LogP contribution in [0.2, 0.25) is 0 Å². The smallest absolute Gasteiger partial charge is 0.241 e. The van der Waals surface area contributed by atoms with Crippen molar-refractivity contribution in [2.24, 2.45) is 0 Å². The van der Waals surface area contributed by atoms with Crippen LogP contribution in [0.25, 0.3) is 27.9 Å². The summed E-state index contributed by atoms with van der Waals surface area (Å²) in [6.07, 6.45) is 5.94. The number of nitrogens with one attached hydrogen (secondary N) is 1. The zero-order valence-corrected chi connectivity index (χ0v) is 16.3. The van der Waals surface area contributed by atoms with Crippen molar-refractivity contribution in [2.45, 2.75) is 38.5 Å². The molecule has 0 radical (unpaired) electrons. The Morgan fingerprint density at radius 3 is 2.90 bits per heavy atom. The molecule has 8 nitrogen and oxygen atoms in total. The number of hydrogen-bond acceptors (Lipinski definition) is 6. The predicted octanol–water partition coefficient (Wildman–Crippen LogP) is 3.01. The standard InChI is InChI=1S/C20H22FN7O/c1-12-23-17-4-3-16(25-19(17)27(12)8-6-21)15-5-7-28-18(15)11-22-20(26-28)24-13-9-14(10-13)29-2/h3-5,7,11,13-14H,6,8-10H2,1-2H3,(H,24,26)/t13-,14-. The summed E-state index contributed by atoms with van der Waals surface area (Å²) in [5.74, 6) is 1.36. The Balaban J connectivity index is 1.46. The Hall–Kier alpha value is -3.07. The van der Waals surface area contributed by atoms with Crippen LogP contribution in [0.4, 0.5) is 10.3 Å². The fourth-order valence-corrected chi connectivity index (χ4v) is 3.86. The normalized spacial score (nSPS) is 19.0. The molecule has 0 aromatic carbocycles. The molecule has 1 aliphatic carbocycles. The average molecular weight is 395 g/mol. The summed E-state index contributed by atoms with van der Waals surface area (Å²) in [7, 11) is 1.74. The second-order valence-corrected chi connectivity index (χ2v) is 7.35. The van der Waals surface area contributed by atoms with Gasteiger partial charge in [0.2, 0.25) is 5.95 Å². The van der Waals surface area contributed by atoms with E-state index in [1.165, 1.54) is 0 Å². The molecule has 1 aliphatic rings. The van der Waals surface area contributed by atoms with E-state index in [1.807, 2.05) is 35.9 Å². The molecule has 5 rings (SSSR count). The molecule has 4 aromatic rings. The second-order valence-electron chi connectivity index (χ2n) is 7.35. The van der Waals surface area contributed by atoms with Crippen molar-refractivity contribution in [1.82, 2.24) is 29.1 Å². The average Bonchev–Trinajstić information content (AvgIpc) is 3.25. The number of aryl methyl sites for hydroxylation is 2. The van der Waals surface area contributed by atoms with E-state index < -0.39 is 6.67 Å². The van der Waals surface area contributed by atoms with E-state index in [0.29, 0.717) is 23.7 Å². The van der Waals surface area contributed by atoms with Gasteiger partial charge in [-0.05, 0) is 38.0 Å². The van der Waals surface area contributed by atoms with Gasteiger partial charge in [-0.1, -0.05) is 0 Å². The maximum absolute atomic E-state index is 12.9. The molecule has 0 spiro atoms. The first-order chi connectivity index (χ1) is 14.2. The first-order valence-electron chi connectivity index (χ1n) is 9.70. The summed E-state index contributed by atoms with van der Waals surface area (Å²) >= 11 is 0. The number of imidazole rings is 1. The van der Waals surface area contributed by atoms with Crippen molar-refractivity contribution in [2.75, 3.05) is 19.1 Å². The third kappa shape index (κ3) is 3.11. The number of pyridine rings is 1. The summed E-state index contributed by atoms with van der Waals surface area (Å²) < 4.78 is 21.9. The van der Waals surface area contributed by atoms with E-state index >= 15 is 0 Å². The lowest BCUT2D eigenvalue weighted by Gasteiger charge is -2.34. The molecule has 1 fully saturated rings. The van der Waals surface area contributed by atoms with Gasteiger partial charge in [0.1, 0.15) is 18.0 Å². The Morgan fingerprint density at radius 1 is 1.24 bits per heavy atom. The van der Waals surface area contributed by atoms with Gasteiger partial charge in [0.15, 0.2) is 5.65 Å². The molecular weight excluding hydrogens is 373 g/mol. The molecule has 0 aliphatic heterocycles. The van der Waals surface area contributed by atoms with Gasteiger partial charge in [0.05, 0.1) is 30.1 Å². The summed E-state index contributed by atoms with van der Waals surface area (Å²) in [6, 6.07) is 6.16. The highest BCUT2D eigenvalue weighted by atomic mass is 19.1. The molecule has 0 atom stereocenters. The van der Waals surface area contributed by atoms with Crippen molar-refractivity contribution < 1.29 is 9.13 Å². The van der Waals surface area contributed by atoms with Crippen LogP contribution < -0.4 is 5.32 Å². The number of halogens is 1. The monoisotopic (exact) mass is 395 g/mol. The van der Waals surface area contributed by atoms with Crippen LogP contribution in [0.5, 0.6) is 0 Å². The molecule has 0 amide bonds. The van der Waals surface area contributed by atoms with Gasteiger partial charge in [-0.3, -0.25) is 0 Å². The zero-order chi connectivity index (χ0) is 20.0. The van der Waals surface area contributed by atoms with Crippen molar-refractivity contribution in [3.63, 3.8) is 0 Å². The molecule has 150 valence electrons. The highest BCUT2D eigenvalue weighted by Gasteiger charge is 2.29. The lowest BCUT2D eigenvalue weighted by Crippen LogP contribution is -2.40. The molecule has 4 heterocycles. The van der Waals surface area contributed by atoms with Crippen LogP contribution >= 0.6 is 0 Å². The maximum atomic E-state index is 12.9. The van der Waals surface area contributed by atoms with Crippen LogP contribution in [0.1, 0.15) is 18.7 Å². The fourth-order valence-electron chi connectivity index (χ4n) is 3.86. The van der Waals surface area contributed by atoms with E-state index in [-0.39, 0.29) is 6.54 Å². The number of alkyl halides is 1. The van der Waals surface area contributed by atoms with Crippen LogP contribution in [0.3, 0.4) is 0 Å². The Labute approximate surface area is 166 Å². The number of methoxy groups -OCH3 is 1. The summed E-state index contributed by atoms with van der Waals surface area (Å²) in [5, 5.41) is 7.91. The van der Waals surface area contributed by atoms with Gasteiger partial charge in [-0.25, -0.2) is 23.9 Å². The molecule has 29 heavy (non-hydrogen) atoms. The van der Waals surface area contributed by atoms with Crippen LogP contribution in [-0.4, -0.2) is 55.1 Å². The zero-order valence-electron chi connectivity index (χ0n) is 16.3. The van der Waals surface area contributed by atoms with Gasteiger partial charge in [0.25, 0.3) is 0 Å². The fraction of sp³-hybridized carbons (Fsp3) is 0.400. The number of aromatic nitrogens is 6. The Morgan fingerprint density at radius 2 is 2.10 bits per heavy atom. The van der Waals surface area contributed by atoms with Gasteiger partial charge >= 0.3 is 0 Å². The van der Waals surface area contributed by atoms with Gasteiger partial charge in [-0.15, -0.1) is 5.10 Å².